The highest BCUT2D eigenvalue weighted by atomic mass is 16.5. The van der Waals surface area contributed by atoms with Crippen molar-refractivity contribution in [3.63, 3.8) is 0 Å². The van der Waals surface area contributed by atoms with Gasteiger partial charge in [-0.25, -0.2) is 9.59 Å². The molecule has 1 aliphatic carbocycles. The molecule has 1 fully saturated rings. The molecule has 0 saturated carbocycles. The van der Waals surface area contributed by atoms with Crippen LogP contribution in [0.1, 0.15) is 77.0 Å². The maximum absolute atomic E-state index is 14.3. The highest BCUT2D eigenvalue weighted by Gasteiger charge is 2.40. The van der Waals surface area contributed by atoms with Crippen LogP contribution in [0.2, 0.25) is 0 Å². The number of likely N-dealkylation sites (tertiary alicyclic amines) is 1. The van der Waals surface area contributed by atoms with Gasteiger partial charge < -0.3 is 41.0 Å². The Morgan fingerprint density at radius 2 is 1.21 bits per heavy atom. The predicted molar refractivity (Wildman–Crippen MR) is 228 cm³/mol. The smallest absolute Gasteiger partial charge is 0.407 e. The van der Waals surface area contributed by atoms with E-state index in [0.29, 0.717) is 12.8 Å². The van der Waals surface area contributed by atoms with Crippen LogP contribution in [0.4, 0.5) is 4.79 Å². The molecular formula is C46H58N6O9. The van der Waals surface area contributed by atoms with Gasteiger partial charge in [0, 0.05) is 18.9 Å². The van der Waals surface area contributed by atoms with E-state index in [1.54, 1.807) is 39.8 Å². The second-order valence-corrected chi connectivity index (χ2v) is 16.3. The number of alkyl carbamates (subject to hydrolysis) is 1. The molecule has 0 aromatic heterocycles. The maximum Gasteiger partial charge on any atom is 0.407 e. The minimum Gasteiger partial charge on any atom is -0.467 e. The van der Waals surface area contributed by atoms with E-state index >= 15 is 0 Å². The van der Waals surface area contributed by atoms with E-state index in [1.807, 2.05) is 66.7 Å². The standard InChI is InChI=1S/C46H58N6O9/c1-26(2)38(43(56)51-39(27(3)4)45(58)60-7)50-42(55)37-22-15-23-52(37)44(57)36(24-30-16-9-8-10-17-30)49-41(54)28(5)47-40(53)29(6)48-46(59)61-25-35-33-20-13-11-18-31(33)32-19-12-14-21-34(32)35/h8-14,16-21,26-29,35-39H,15,22-25H2,1-7H3,(H,47,53)(H,48,59)(H,49,54)(H,50,55)(H,51,56). The molecule has 3 aromatic rings. The number of ether oxygens (including phenoxy) is 2. The van der Waals surface area contributed by atoms with Gasteiger partial charge in [-0.05, 0) is 66.3 Å². The summed E-state index contributed by atoms with van der Waals surface area (Å²) in [4.78, 5) is 95.0. The Balaban J connectivity index is 1.19. The van der Waals surface area contributed by atoms with Crippen LogP contribution in [-0.4, -0.2) is 103 Å². The number of nitrogens with one attached hydrogen (secondary N) is 5. The van der Waals surface area contributed by atoms with E-state index in [4.69, 9.17) is 9.47 Å². The van der Waals surface area contributed by atoms with Crippen LogP contribution in [0.3, 0.4) is 0 Å². The van der Waals surface area contributed by atoms with E-state index in [9.17, 15) is 33.6 Å². The van der Waals surface area contributed by atoms with Crippen LogP contribution < -0.4 is 26.6 Å². The molecule has 5 rings (SSSR count). The topological polar surface area (TPSA) is 201 Å². The highest BCUT2D eigenvalue weighted by Crippen LogP contribution is 2.44. The van der Waals surface area contributed by atoms with Crippen molar-refractivity contribution in [2.24, 2.45) is 11.8 Å². The number of methoxy groups -OCH3 is 1. The molecule has 0 spiro atoms. The van der Waals surface area contributed by atoms with Crippen molar-refractivity contribution < 1.29 is 43.0 Å². The Labute approximate surface area is 357 Å². The van der Waals surface area contributed by atoms with Gasteiger partial charge in [-0.2, -0.15) is 0 Å². The molecule has 0 radical (unpaired) electrons. The first kappa shape index (κ1) is 45.8. The molecule has 6 unspecified atom stereocenters. The number of amides is 6. The molecule has 1 saturated heterocycles. The van der Waals surface area contributed by atoms with Crippen LogP contribution in [0.15, 0.2) is 78.9 Å². The van der Waals surface area contributed by atoms with Gasteiger partial charge in [0.05, 0.1) is 7.11 Å². The molecule has 326 valence electrons. The zero-order chi connectivity index (χ0) is 44.4. The number of rotatable bonds is 17. The Morgan fingerprint density at radius 3 is 1.80 bits per heavy atom. The summed E-state index contributed by atoms with van der Waals surface area (Å²) in [7, 11) is 1.23. The fourth-order valence-electron chi connectivity index (χ4n) is 7.79. The fraction of sp³-hybridized carbons (Fsp3) is 0.457. The first-order valence-electron chi connectivity index (χ1n) is 20.9. The van der Waals surface area contributed by atoms with Gasteiger partial charge in [-0.15, -0.1) is 0 Å². The quantitative estimate of drug-likeness (QED) is 0.126. The molecule has 6 amide bonds. The average Bonchev–Trinajstić information content (AvgIpc) is 3.86. The molecule has 0 bridgehead atoms. The molecule has 2 aliphatic rings. The zero-order valence-corrected chi connectivity index (χ0v) is 35.9. The van der Waals surface area contributed by atoms with Crippen LogP contribution >= 0.6 is 0 Å². The fourth-order valence-corrected chi connectivity index (χ4v) is 7.79. The summed E-state index contributed by atoms with van der Waals surface area (Å²) in [6, 6.07) is 18.8. The second kappa shape index (κ2) is 20.8. The SMILES string of the molecule is COC(=O)C(NC(=O)C(NC(=O)C1CCCN1C(=O)C(Cc1ccccc1)NC(=O)C(C)NC(=O)C(C)NC(=O)OCC1c2ccccc2-c2ccccc21)C(C)C)C(C)C. The molecule has 15 nitrogen and oxygen atoms in total. The van der Waals surface area contributed by atoms with Gasteiger partial charge in [-0.1, -0.05) is 107 Å². The van der Waals surface area contributed by atoms with Crippen molar-refractivity contribution in [3.05, 3.63) is 95.6 Å². The average molecular weight is 839 g/mol. The Morgan fingerprint density at radius 1 is 0.656 bits per heavy atom. The van der Waals surface area contributed by atoms with Crippen molar-refractivity contribution in [3.8, 4) is 11.1 Å². The van der Waals surface area contributed by atoms with Crippen molar-refractivity contribution in [2.45, 2.75) is 103 Å². The van der Waals surface area contributed by atoms with E-state index in [2.05, 4.69) is 26.6 Å². The largest absolute Gasteiger partial charge is 0.467 e. The molecular weight excluding hydrogens is 781 g/mol. The lowest BCUT2D eigenvalue weighted by atomic mass is 9.98. The lowest BCUT2D eigenvalue weighted by Crippen LogP contribution is -2.60. The lowest BCUT2D eigenvalue weighted by Gasteiger charge is -2.31. The second-order valence-electron chi connectivity index (χ2n) is 16.3. The highest BCUT2D eigenvalue weighted by molar-refractivity contribution is 5.97. The van der Waals surface area contributed by atoms with E-state index in [0.717, 1.165) is 27.8 Å². The normalized spacial score (nSPS) is 16.9. The van der Waals surface area contributed by atoms with E-state index < -0.39 is 77.8 Å². The lowest BCUT2D eigenvalue weighted by molar-refractivity contribution is -0.147. The van der Waals surface area contributed by atoms with Crippen LogP contribution in [-0.2, 0) is 44.7 Å². The minimum atomic E-state index is -1.12. The van der Waals surface area contributed by atoms with Crippen molar-refractivity contribution in [2.75, 3.05) is 20.3 Å². The summed E-state index contributed by atoms with van der Waals surface area (Å²) in [6.45, 7) is 10.3. The summed E-state index contributed by atoms with van der Waals surface area (Å²) in [6.07, 6.45) is 0.138. The monoisotopic (exact) mass is 838 g/mol. The Hall–Kier alpha value is -6.25. The van der Waals surface area contributed by atoms with Gasteiger partial charge in [0.1, 0.15) is 42.9 Å². The third-order valence-corrected chi connectivity index (χ3v) is 11.2. The van der Waals surface area contributed by atoms with Gasteiger partial charge >= 0.3 is 12.1 Å². The van der Waals surface area contributed by atoms with E-state index in [-0.39, 0.29) is 37.3 Å². The summed E-state index contributed by atoms with van der Waals surface area (Å²) in [5.74, 6) is -4.31. The third-order valence-electron chi connectivity index (χ3n) is 11.2. The summed E-state index contributed by atoms with van der Waals surface area (Å²) < 4.78 is 10.4. The molecule has 15 heteroatoms. The molecule has 6 atom stereocenters. The molecule has 61 heavy (non-hydrogen) atoms. The molecule has 3 aromatic carbocycles. The van der Waals surface area contributed by atoms with Crippen LogP contribution in [0, 0.1) is 11.8 Å². The van der Waals surface area contributed by atoms with Crippen LogP contribution in [0.5, 0.6) is 0 Å². The van der Waals surface area contributed by atoms with Gasteiger partial charge in [0.25, 0.3) is 0 Å². The first-order valence-corrected chi connectivity index (χ1v) is 20.9. The number of carbonyl (C=O) groups is 7. The van der Waals surface area contributed by atoms with Crippen molar-refractivity contribution in [1.29, 1.82) is 0 Å². The Kier molecular flexibility index (Phi) is 15.6. The maximum atomic E-state index is 14.3. The van der Waals surface area contributed by atoms with Gasteiger partial charge in [0.15, 0.2) is 0 Å². The van der Waals surface area contributed by atoms with E-state index in [1.165, 1.54) is 25.9 Å². The van der Waals surface area contributed by atoms with Gasteiger partial charge in [0.2, 0.25) is 29.5 Å². The molecule has 5 N–H and O–H groups in total. The van der Waals surface area contributed by atoms with Crippen molar-refractivity contribution >= 4 is 41.6 Å². The number of carbonyl (C=O) groups excluding carboxylic acids is 7. The summed E-state index contributed by atoms with van der Waals surface area (Å²) >= 11 is 0. The number of esters is 1. The summed E-state index contributed by atoms with van der Waals surface area (Å²) in [5.41, 5.74) is 5.02. The number of hydrogen-bond acceptors (Lipinski definition) is 9. The number of benzene rings is 3. The molecule has 1 aliphatic heterocycles. The predicted octanol–water partition coefficient (Wildman–Crippen LogP) is 3.59. The number of nitrogens with zero attached hydrogens (tertiary/aromatic N) is 1. The van der Waals surface area contributed by atoms with Crippen molar-refractivity contribution in [1.82, 2.24) is 31.5 Å². The number of hydrogen-bond donors (Lipinski definition) is 5. The van der Waals surface area contributed by atoms with Crippen LogP contribution in [0.25, 0.3) is 11.1 Å². The number of fused-ring (bicyclic) bond motifs is 3. The first-order chi connectivity index (χ1) is 29.1. The zero-order valence-electron chi connectivity index (χ0n) is 35.9. The molecule has 1 heterocycles. The van der Waals surface area contributed by atoms with Gasteiger partial charge in [-0.3, -0.25) is 24.0 Å². The third kappa shape index (κ3) is 11.3. The Bertz CT molecular complexity index is 2030. The minimum absolute atomic E-state index is 0.0623. The summed E-state index contributed by atoms with van der Waals surface area (Å²) in [5, 5.41) is 13.4.